The molecule has 0 fully saturated rings. The molecule has 0 spiro atoms. The van der Waals surface area contributed by atoms with Crippen molar-refractivity contribution < 1.29 is 4.79 Å². The van der Waals surface area contributed by atoms with E-state index in [2.05, 4.69) is 16.0 Å². The zero-order chi connectivity index (χ0) is 10.3. The van der Waals surface area contributed by atoms with Crippen LogP contribution < -0.4 is 16.0 Å². The molecule has 0 aromatic rings. The van der Waals surface area contributed by atoms with Crippen LogP contribution in [0.2, 0.25) is 0 Å². The van der Waals surface area contributed by atoms with Crippen LogP contribution in [-0.4, -0.2) is 30.2 Å². The van der Waals surface area contributed by atoms with Crippen LogP contribution in [0.25, 0.3) is 0 Å². The Bertz CT molecular complexity index is 182. The molecule has 3 N–H and O–H groups in total. The maximum Gasteiger partial charge on any atom is 0.216 e. The number of carbonyl (C=O) groups is 1. The van der Waals surface area contributed by atoms with Crippen molar-refractivity contribution in [2.24, 2.45) is 0 Å². The van der Waals surface area contributed by atoms with Gasteiger partial charge in [-0.1, -0.05) is 0 Å². The summed E-state index contributed by atoms with van der Waals surface area (Å²) in [7, 11) is 0. The Kier molecular flexibility index (Phi) is 6.22. The van der Waals surface area contributed by atoms with Crippen LogP contribution in [0, 0.1) is 0 Å². The van der Waals surface area contributed by atoms with Gasteiger partial charge in [0.05, 0.1) is 0 Å². The Labute approximate surface area is 84.5 Å². The normalized spacial score (nSPS) is 9.54. The molecular weight excluding hydrogens is 186 g/mol. The summed E-state index contributed by atoms with van der Waals surface area (Å²) in [6, 6.07) is 0.334. The van der Waals surface area contributed by atoms with E-state index >= 15 is 0 Å². The molecule has 0 aromatic heterocycles. The molecule has 0 unspecified atom stereocenters. The van der Waals surface area contributed by atoms with Gasteiger partial charge in [-0.3, -0.25) is 4.79 Å². The summed E-state index contributed by atoms with van der Waals surface area (Å²) in [4.78, 5) is 10.5. The van der Waals surface area contributed by atoms with Crippen molar-refractivity contribution in [1.82, 2.24) is 16.0 Å². The number of rotatable bonds is 4. The minimum atomic E-state index is -0.0236. The molecule has 13 heavy (non-hydrogen) atoms. The van der Waals surface area contributed by atoms with Crippen molar-refractivity contribution >= 4 is 23.2 Å². The van der Waals surface area contributed by atoms with Gasteiger partial charge in [0.25, 0.3) is 0 Å². The molecule has 5 heteroatoms. The van der Waals surface area contributed by atoms with Crippen molar-refractivity contribution in [2.45, 2.75) is 26.8 Å². The first-order valence-electron chi connectivity index (χ1n) is 4.31. The van der Waals surface area contributed by atoms with Gasteiger partial charge in [0, 0.05) is 26.1 Å². The maximum absolute atomic E-state index is 10.5. The molecule has 0 aliphatic carbocycles. The molecule has 0 saturated carbocycles. The Morgan fingerprint density at radius 3 is 2.31 bits per heavy atom. The lowest BCUT2D eigenvalue weighted by atomic mass is 10.4. The first-order chi connectivity index (χ1) is 6.02. The van der Waals surface area contributed by atoms with E-state index in [4.69, 9.17) is 12.2 Å². The van der Waals surface area contributed by atoms with Crippen LogP contribution in [0.4, 0.5) is 0 Å². The average molecular weight is 203 g/mol. The molecule has 0 saturated heterocycles. The third kappa shape index (κ3) is 9.07. The molecule has 0 heterocycles. The lowest BCUT2D eigenvalue weighted by Gasteiger charge is -2.12. The van der Waals surface area contributed by atoms with Gasteiger partial charge in [-0.05, 0) is 26.1 Å². The van der Waals surface area contributed by atoms with Crippen LogP contribution in [0.3, 0.4) is 0 Å². The number of nitrogens with one attached hydrogen (secondary N) is 3. The molecule has 1 amide bonds. The summed E-state index contributed by atoms with van der Waals surface area (Å²) < 4.78 is 0. The predicted octanol–water partition coefficient (Wildman–Crippen LogP) is -0.00500. The molecular formula is C8H17N3OS. The minimum Gasteiger partial charge on any atom is -0.361 e. The highest BCUT2D eigenvalue weighted by atomic mass is 32.1. The molecule has 0 bridgehead atoms. The van der Waals surface area contributed by atoms with Gasteiger partial charge in [0.15, 0.2) is 5.11 Å². The van der Waals surface area contributed by atoms with Gasteiger partial charge in [0.2, 0.25) is 5.91 Å². The van der Waals surface area contributed by atoms with E-state index in [9.17, 15) is 4.79 Å². The quantitative estimate of drug-likeness (QED) is 0.444. The molecule has 0 radical (unpaired) electrons. The van der Waals surface area contributed by atoms with Gasteiger partial charge in [0.1, 0.15) is 0 Å². The van der Waals surface area contributed by atoms with E-state index in [1.807, 2.05) is 13.8 Å². The number of amides is 1. The highest BCUT2D eigenvalue weighted by molar-refractivity contribution is 7.80. The molecule has 4 nitrogen and oxygen atoms in total. The number of hydrogen-bond acceptors (Lipinski definition) is 2. The first kappa shape index (κ1) is 12.2. The molecule has 76 valence electrons. The largest absolute Gasteiger partial charge is 0.361 e. The van der Waals surface area contributed by atoms with E-state index < -0.39 is 0 Å². The van der Waals surface area contributed by atoms with E-state index in [1.165, 1.54) is 6.92 Å². The monoisotopic (exact) mass is 203 g/mol. The second kappa shape index (κ2) is 6.65. The Balaban J connectivity index is 3.32. The summed E-state index contributed by atoms with van der Waals surface area (Å²) in [6.07, 6.45) is 0. The number of hydrogen-bond donors (Lipinski definition) is 3. The van der Waals surface area contributed by atoms with Crippen molar-refractivity contribution in [3.8, 4) is 0 Å². The zero-order valence-corrected chi connectivity index (χ0v) is 9.12. The molecule has 0 atom stereocenters. The topological polar surface area (TPSA) is 53.2 Å². The Hall–Kier alpha value is -0.840. The Morgan fingerprint density at radius 1 is 1.31 bits per heavy atom. The van der Waals surface area contributed by atoms with Gasteiger partial charge in [-0.2, -0.15) is 0 Å². The van der Waals surface area contributed by atoms with E-state index in [-0.39, 0.29) is 5.91 Å². The lowest BCUT2D eigenvalue weighted by molar-refractivity contribution is -0.118. The molecule has 0 aromatic carbocycles. The fourth-order valence-electron chi connectivity index (χ4n) is 0.728. The van der Waals surface area contributed by atoms with Gasteiger partial charge < -0.3 is 16.0 Å². The van der Waals surface area contributed by atoms with Crippen molar-refractivity contribution in [3.05, 3.63) is 0 Å². The summed E-state index contributed by atoms with van der Waals surface area (Å²) in [6.45, 7) is 6.77. The average Bonchev–Trinajstić information content (AvgIpc) is 1.96. The van der Waals surface area contributed by atoms with Crippen molar-refractivity contribution in [1.29, 1.82) is 0 Å². The highest BCUT2D eigenvalue weighted by Crippen LogP contribution is 1.76. The third-order valence-electron chi connectivity index (χ3n) is 1.20. The van der Waals surface area contributed by atoms with Crippen LogP contribution in [-0.2, 0) is 4.79 Å². The summed E-state index contributed by atoms with van der Waals surface area (Å²) in [5.74, 6) is -0.0236. The van der Waals surface area contributed by atoms with E-state index in [0.717, 1.165) is 0 Å². The van der Waals surface area contributed by atoms with Gasteiger partial charge >= 0.3 is 0 Å². The van der Waals surface area contributed by atoms with Gasteiger partial charge in [-0.25, -0.2) is 0 Å². The maximum atomic E-state index is 10.5. The van der Waals surface area contributed by atoms with E-state index in [0.29, 0.717) is 24.2 Å². The third-order valence-corrected chi connectivity index (χ3v) is 1.47. The van der Waals surface area contributed by atoms with Gasteiger partial charge in [-0.15, -0.1) is 0 Å². The SMILES string of the molecule is CC(=O)NCCNC(=S)NC(C)C. The van der Waals surface area contributed by atoms with Crippen molar-refractivity contribution in [3.63, 3.8) is 0 Å². The second-order valence-electron chi connectivity index (χ2n) is 3.04. The second-order valence-corrected chi connectivity index (χ2v) is 3.45. The number of carbonyl (C=O) groups excluding carboxylic acids is 1. The Morgan fingerprint density at radius 2 is 1.85 bits per heavy atom. The fraction of sp³-hybridized carbons (Fsp3) is 0.750. The molecule has 0 aliphatic heterocycles. The zero-order valence-electron chi connectivity index (χ0n) is 8.31. The van der Waals surface area contributed by atoms with Crippen molar-refractivity contribution in [2.75, 3.05) is 13.1 Å². The van der Waals surface area contributed by atoms with Crippen LogP contribution in [0.1, 0.15) is 20.8 Å². The first-order valence-corrected chi connectivity index (χ1v) is 4.72. The summed E-state index contributed by atoms with van der Waals surface area (Å²) in [5, 5.41) is 9.30. The van der Waals surface area contributed by atoms with Crippen LogP contribution in [0.15, 0.2) is 0 Å². The smallest absolute Gasteiger partial charge is 0.216 e. The summed E-state index contributed by atoms with van der Waals surface area (Å²) in [5.41, 5.74) is 0. The number of thiocarbonyl (C=S) groups is 1. The molecule has 0 rings (SSSR count). The standard InChI is InChI=1S/C8H17N3OS/c1-6(2)11-8(13)10-5-4-9-7(3)12/h6H,4-5H2,1-3H3,(H,9,12)(H2,10,11,13). The minimum absolute atomic E-state index is 0.0236. The summed E-state index contributed by atoms with van der Waals surface area (Å²) >= 11 is 4.97. The fourth-order valence-corrected chi connectivity index (χ4v) is 1.07. The lowest BCUT2D eigenvalue weighted by Crippen LogP contribution is -2.42. The van der Waals surface area contributed by atoms with Crippen LogP contribution in [0.5, 0.6) is 0 Å². The highest BCUT2D eigenvalue weighted by Gasteiger charge is 1.96. The van der Waals surface area contributed by atoms with Crippen LogP contribution >= 0.6 is 12.2 Å². The molecule has 0 aliphatic rings. The van der Waals surface area contributed by atoms with E-state index in [1.54, 1.807) is 0 Å². The predicted molar refractivity (Wildman–Crippen MR) is 57.6 cm³/mol.